The van der Waals surface area contributed by atoms with Gasteiger partial charge in [-0.2, -0.15) is 0 Å². The molecule has 7 heteroatoms. The summed E-state index contributed by atoms with van der Waals surface area (Å²) in [6.07, 6.45) is 1.59. The van der Waals surface area contributed by atoms with Crippen LogP contribution in [-0.2, 0) is 7.05 Å². The lowest BCUT2D eigenvalue weighted by atomic mass is 9.92. The quantitative estimate of drug-likeness (QED) is 0.723. The number of hydrogen-bond acceptors (Lipinski definition) is 4. The lowest BCUT2D eigenvalue weighted by Gasteiger charge is -2.21. The number of fused-ring (bicyclic) bond motifs is 1. The smallest absolute Gasteiger partial charge is 0.327 e. The number of aromatic amines is 1. The van der Waals surface area contributed by atoms with E-state index in [-0.39, 0.29) is 17.6 Å². The van der Waals surface area contributed by atoms with Crippen LogP contribution in [0.15, 0.2) is 17.1 Å². The van der Waals surface area contributed by atoms with E-state index in [1.807, 2.05) is 41.5 Å². The maximum absolute atomic E-state index is 12.8. The summed E-state index contributed by atoms with van der Waals surface area (Å²) in [4.78, 5) is 31.7. The van der Waals surface area contributed by atoms with Gasteiger partial charge in [-0.05, 0) is 58.2 Å². The van der Waals surface area contributed by atoms with Crippen LogP contribution in [0.3, 0.4) is 0 Å². The Hall–Kier alpha value is -3.09. The molecule has 2 heterocycles. The van der Waals surface area contributed by atoms with Gasteiger partial charge in [-0.3, -0.25) is 14.3 Å². The SMILES string of the molecule is Cc1c(C)c(Oc2ccnc3[nH]c(=O)n(C)c23)c(C)c(C(=O)NC(C)C)c1C. The van der Waals surface area contributed by atoms with Crippen LogP contribution in [0.1, 0.15) is 46.5 Å². The molecule has 3 aromatic rings. The van der Waals surface area contributed by atoms with E-state index in [0.29, 0.717) is 28.2 Å². The van der Waals surface area contributed by atoms with Gasteiger partial charge in [0, 0.05) is 36.5 Å². The van der Waals surface area contributed by atoms with E-state index in [2.05, 4.69) is 15.3 Å². The Morgan fingerprint density at radius 3 is 2.46 bits per heavy atom. The van der Waals surface area contributed by atoms with Crippen molar-refractivity contribution in [1.82, 2.24) is 19.9 Å². The lowest BCUT2D eigenvalue weighted by Crippen LogP contribution is -2.31. The van der Waals surface area contributed by atoms with Crippen LogP contribution in [0.4, 0.5) is 0 Å². The minimum atomic E-state index is -0.260. The third kappa shape index (κ3) is 3.17. The number of imidazole rings is 1. The number of nitrogens with one attached hydrogen (secondary N) is 2. The molecule has 0 bridgehead atoms. The minimum Gasteiger partial charge on any atom is -0.454 e. The second kappa shape index (κ2) is 7.14. The predicted molar refractivity (Wildman–Crippen MR) is 109 cm³/mol. The van der Waals surface area contributed by atoms with Crippen LogP contribution in [0.5, 0.6) is 11.5 Å². The summed E-state index contributed by atoms with van der Waals surface area (Å²) < 4.78 is 7.75. The maximum Gasteiger partial charge on any atom is 0.327 e. The number of benzene rings is 1. The van der Waals surface area contributed by atoms with Crippen LogP contribution in [-0.4, -0.2) is 26.5 Å². The molecule has 1 aromatic carbocycles. The normalized spacial score (nSPS) is 11.3. The van der Waals surface area contributed by atoms with E-state index in [9.17, 15) is 9.59 Å². The Balaban J connectivity index is 2.20. The zero-order chi connectivity index (χ0) is 20.7. The Labute approximate surface area is 163 Å². The molecule has 1 amide bonds. The minimum absolute atomic E-state index is 0.0338. The van der Waals surface area contributed by atoms with Gasteiger partial charge in [-0.15, -0.1) is 0 Å². The molecule has 0 fully saturated rings. The highest BCUT2D eigenvalue weighted by Gasteiger charge is 2.23. The summed E-state index contributed by atoms with van der Waals surface area (Å²) in [6.45, 7) is 11.7. The van der Waals surface area contributed by atoms with Crippen molar-refractivity contribution in [3.05, 3.63) is 50.6 Å². The summed E-state index contributed by atoms with van der Waals surface area (Å²) >= 11 is 0. The second-order valence-electron chi connectivity index (χ2n) is 7.43. The van der Waals surface area contributed by atoms with Crippen LogP contribution in [0.2, 0.25) is 0 Å². The molecule has 148 valence electrons. The number of rotatable bonds is 4. The van der Waals surface area contributed by atoms with Crippen molar-refractivity contribution < 1.29 is 9.53 Å². The number of aryl methyl sites for hydroxylation is 1. The first-order valence-corrected chi connectivity index (χ1v) is 9.26. The number of aromatic nitrogens is 3. The fraction of sp³-hybridized carbons (Fsp3) is 0.381. The van der Waals surface area contributed by atoms with Crippen molar-refractivity contribution in [2.24, 2.45) is 7.05 Å². The number of ether oxygens (including phenoxy) is 1. The van der Waals surface area contributed by atoms with Gasteiger partial charge in [-0.1, -0.05) is 0 Å². The van der Waals surface area contributed by atoms with Gasteiger partial charge in [0.05, 0.1) is 0 Å². The summed E-state index contributed by atoms with van der Waals surface area (Å²) in [5.41, 5.74) is 5.08. The molecule has 0 aliphatic rings. The fourth-order valence-corrected chi connectivity index (χ4v) is 3.47. The molecule has 3 rings (SSSR count). The summed E-state index contributed by atoms with van der Waals surface area (Å²) in [7, 11) is 1.66. The molecular weight excluding hydrogens is 356 g/mol. The molecule has 2 N–H and O–H groups in total. The first kappa shape index (κ1) is 19.7. The van der Waals surface area contributed by atoms with Crippen molar-refractivity contribution in [3.63, 3.8) is 0 Å². The molecule has 0 aliphatic carbocycles. The van der Waals surface area contributed by atoms with Crippen LogP contribution >= 0.6 is 0 Å². The van der Waals surface area contributed by atoms with Crippen molar-refractivity contribution in [1.29, 1.82) is 0 Å². The monoisotopic (exact) mass is 382 g/mol. The van der Waals surface area contributed by atoms with E-state index < -0.39 is 0 Å². The number of hydrogen-bond donors (Lipinski definition) is 2. The van der Waals surface area contributed by atoms with Gasteiger partial charge in [0.1, 0.15) is 11.3 Å². The highest BCUT2D eigenvalue weighted by molar-refractivity contribution is 5.98. The maximum atomic E-state index is 12.8. The highest BCUT2D eigenvalue weighted by atomic mass is 16.5. The second-order valence-corrected chi connectivity index (χ2v) is 7.43. The number of amides is 1. The van der Waals surface area contributed by atoms with Gasteiger partial charge in [0.2, 0.25) is 0 Å². The van der Waals surface area contributed by atoms with E-state index >= 15 is 0 Å². The molecule has 2 aromatic heterocycles. The Morgan fingerprint density at radius 2 is 1.82 bits per heavy atom. The van der Waals surface area contributed by atoms with E-state index in [1.165, 1.54) is 4.57 Å². The Bertz CT molecular complexity index is 1140. The number of H-pyrrole nitrogens is 1. The molecule has 7 nitrogen and oxygen atoms in total. The van der Waals surface area contributed by atoms with Gasteiger partial charge in [0.25, 0.3) is 5.91 Å². The Morgan fingerprint density at radius 1 is 1.14 bits per heavy atom. The van der Waals surface area contributed by atoms with Gasteiger partial charge in [0.15, 0.2) is 11.4 Å². The number of nitrogens with zero attached hydrogens (tertiary/aromatic N) is 2. The first-order valence-electron chi connectivity index (χ1n) is 9.26. The van der Waals surface area contributed by atoms with Gasteiger partial charge in [-0.25, -0.2) is 9.78 Å². The highest BCUT2D eigenvalue weighted by Crippen LogP contribution is 2.37. The van der Waals surface area contributed by atoms with E-state index in [0.717, 1.165) is 22.3 Å². The molecule has 0 spiro atoms. The molecule has 0 atom stereocenters. The van der Waals surface area contributed by atoms with Crippen LogP contribution in [0, 0.1) is 27.7 Å². The lowest BCUT2D eigenvalue weighted by molar-refractivity contribution is 0.0941. The van der Waals surface area contributed by atoms with Crippen LogP contribution < -0.4 is 15.7 Å². The summed E-state index contributed by atoms with van der Waals surface area (Å²) in [5, 5.41) is 2.97. The average molecular weight is 382 g/mol. The van der Waals surface area contributed by atoms with Crippen molar-refractivity contribution in [2.75, 3.05) is 0 Å². The molecule has 0 saturated heterocycles. The predicted octanol–water partition coefficient (Wildman–Crippen LogP) is 3.43. The van der Waals surface area contributed by atoms with E-state index in [1.54, 1.807) is 19.3 Å². The first-order chi connectivity index (χ1) is 13.1. The fourth-order valence-electron chi connectivity index (χ4n) is 3.47. The molecule has 0 unspecified atom stereocenters. The number of carbonyl (C=O) groups is 1. The zero-order valence-corrected chi connectivity index (χ0v) is 17.4. The topological polar surface area (TPSA) is 89.0 Å². The largest absolute Gasteiger partial charge is 0.454 e. The summed E-state index contributed by atoms with van der Waals surface area (Å²) in [5.74, 6) is 1.01. The average Bonchev–Trinajstić information content (AvgIpc) is 2.91. The van der Waals surface area contributed by atoms with Gasteiger partial charge < -0.3 is 10.1 Å². The Kier molecular flexibility index (Phi) is 5.02. The van der Waals surface area contributed by atoms with Crippen LogP contribution in [0.25, 0.3) is 11.2 Å². The summed E-state index contributed by atoms with van der Waals surface area (Å²) in [6, 6.07) is 1.75. The molecular formula is C21H26N4O3. The molecule has 0 saturated carbocycles. The van der Waals surface area contributed by atoms with E-state index in [4.69, 9.17) is 4.74 Å². The van der Waals surface area contributed by atoms with Gasteiger partial charge >= 0.3 is 5.69 Å². The van der Waals surface area contributed by atoms with Crippen molar-refractivity contribution in [2.45, 2.75) is 47.6 Å². The third-order valence-electron chi connectivity index (χ3n) is 5.17. The zero-order valence-electron chi connectivity index (χ0n) is 17.4. The standard InChI is InChI=1S/C21H26N4O3/c1-10(2)23-20(26)16-12(4)11(3)13(5)18(14(16)6)28-15-8-9-22-19-17(15)25(7)21(27)24-19/h8-10H,1-7H3,(H,23,26)(H,22,24,27). The number of pyridine rings is 1. The molecule has 28 heavy (non-hydrogen) atoms. The van der Waals surface area contributed by atoms with Crippen molar-refractivity contribution >= 4 is 17.1 Å². The molecule has 0 radical (unpaired) electrons. The molecule has 0 aliphatic heterocycles. The third-order valence-corrected chi connectivity index (χ3v) is 5.17. The van der Waals surface area contributed by atoms with Crippen molar-refractivity contribution in [3.8, 4) is 11.5 Å². The number of carbonyl (C=O) groups excluding carboxylic acids is 1.